The Labute approximate surface area is 145 Å². The van der Waals surface area contributed by atoms with Crippen LogP contribution in [0.2, 0.25) is 0 Å². The van der Waals surface area contributed by atoms with E-state index in [0.717, 1.165) is 42.9 Å². The highest BCUT2D eigenvalue weighted by molar-refractivity contribution is 5.79. The summed E-state index contributed by atoms with van der Waals surface area (Å²) in [6, 6.07) is 0. The molecule has 1 fully saturated rings. The maximum absolute atomic E-state index is 5.96. The molecule has 1 unspecified atom stereocenters. The van der Waals surface area contributed by atoms with E-state index in [1.165, 1.54) is 25.7 Å². The fraction of sp³-hybridized carbons (Fsp3) is 0.778. The SMILES string of the molecule is CCOC(CCNC(=NC)NCc1nc(C)c(C)o1)C1CCCC1. The molecule has 6 heteroatoms. The lowest BCUT2D eigenvalue weighted by atomic mass is 9.98. The number of nitrogens with one attached hydrogen (secondary N) is 2. The molecule has 1 aromatic heterocycles. The van der Waals surface area contributed by atoms with Gasteiger partial charge in [-0.3, -0.25) is 4.99 Å². The van der Waals surface area contributed by atoms with Gasteiger partial charge in [0, 0.05) is 20.2 Å². The van der Waals surface area contributed by atoms with Gasteiger partial charge in [-0.15, -0.1) is 0 Å². The van der Waals surface area contributed by atoms with Crippen molar-refractivity contribution in [1.82, 2.24) is 15.6 Å². The Kier molecular flexibility index (Phi) is 7.56. The molecule has 1 aromatic rings. The van der Waals surface area contributed by atoms with Gasteiger partial charge in [0.1, 0.15) is 5.76 Å². The number of ether oxygens (including phenoxy) is 1. The van der Waals surface area contributed by atoms with Crippen LogP contribution in [0.15, 0.2) is 9.41 Å². The molecule has 0 spiro atoms. The van der Waals surface area contributed by atoms with E-state index >= 15 is 0 Å². The van der Waals surface area contributed by atoms with Gasteiger partial charge in [0.25, 0.3) is 0 Å². The molecule has 0 aromatic carbocycles. The molecule has 136 valence electrons. The predicted molar refractivity (Wildman–Crippen MR) is 96.2 cm³/mol. The molecule has 1 atom stereocenters. The van der Waals surface area contributed by atoms with Crippen LogP contribution in [0.3, 0.4) is 0 Å². The lowest BCUT2D eigenvalue weighted by molar-refractivity contribution is 0.0169. The number of rotatable bonds is 8. The summed E-state index contributed by atoms with van der Waals surface area (Å²) in [4.78, 5) is 8.63. The van der Waals surface area contributed by atoms with Crippen molar-refractivity contribution in [3.63, 3.8) is 0 Å². The van der Waals surface area contributed by atoms with E-state index in [2.05, 4.69) is 27.5 Å². The summed E-state index contributed by atoms with van der Waals surface area (Å²) < 4.78 is 11.5. The van der Waals surface area contributed by atoms with E-state index in [4.69, 9.17) is 9.15 Å². The third kappa shape index (κ3) is 5.51. The summed E-state index contributed by atoms with van der Waals surface area (Å²) in [5.41, 5.74) is 0.936. The molecular formula is C18H32N4O2. The lowest BCUT2D eigenvalue weighted by Crippen LogP contribution is -2.39. The number of hydrogen-bond donors (Lipinski definition) is 2. The minimum Gasteiger partial charge on any atom is -0.444 e. The molecule has 2 N–H and O–H groups in total. The summed E-state index contributed by atoms with van der Waals surface area (Å²) in [5.74, 6) is 3.04. The van der Waals surface area contributed by atoms with Gasteiger partial charge in [0.15, 0.2) is 5.96 Å². The van der Waals surface area contributed by atoms with Gasteiger partial charge in [0.2, 0.25) is 5.89 Å². The zero-order valence-electron chi connectivity index (χ0n) is 15.5. The van der Waals surface area contributed by atoms with Crippen molar-refractivity contribution in [2.24, 2.45) is 10.9 Å². The summed E-state index contributed by atoms with van der Waals surface area (Å²) >= 11 is 0. The molecular weight excluding hydrogens is 304 g/mol. The van der Waals surface area contributed by atoms with E-state index in [1.807, 2.05) is 13.8 Å². The van der Waals surface area contributed by atoms with Gasteiger partial charge in [0.05, 0.1) is 18.3 Å². The summed E-state index contributed by atoms with van der Waals surface area (Å²) in [5, 5.41) is 6.61. The fourth-order valence-corrected chi connectivity index (χ4v) is 3.33. The maximum Gasteiger partial charge on any atom is 0.214 e. The Balaban J connectivity index is 1.73. The van der Waals surface area contributed by atoms with Gasteiger partial charge < -0.3 is 19.8 Å². The minimum atomic E-state index is 0.361. The van der Waals surface area contributed by atoms with Crippen molar-refractivity contribution < 1.29 is 9.15 Å². The van der Waals surface area contributed by atoms with E-state index in [0.29, 0.717) is 18.5 Å². The van der Waals surface area contributed by atoms with Crippen molar-refractivity contribution in [1.29, 1.82) is 0 Å². The van der Waals surface area contributed by atoms with Crippen LogP contribution >= 0.6 is 0 Å². The van der Waals surface area contributed by atoms with Gasteiger partial charge in [-0.05, 0) is 46.0 Å². The van der Waals surface area contributed by atoms with Crippen LogP contribution in [0.25, 0.3) is 0 Å². The highest BCUT2D eigenvalue weighted by Gasteiger charge is 2.25. The number of guanidine groups is 1. The minimum absolute atomic E-state index is 0.361. The molecule has 1 saturated carbocycles. The molecule has 24 heavy (non-hydrogen) atoms. The zero-order chi connectivity index (χ0) is 17.4. The van der Waals surface area contributed by atoms with E-state index in [9.17, 15) is 0 Å². The van der Waals surface area contributed by atoms with E-state index in [-0.39, 0.29) is 0 Å². The highest BCUT2D eigenvalue weighted by Crippen LogP contribution is 2.30. The Morgan fingerprint density at radius 1 is 1.33 bits per heavy atom. The van der Waals surface area contributed by atoms with Crippen molar-refractivity contribution in [2.75, 3.05) is 20.2 Å². The Morgan fingerprint density at radius 3 is 2.67 bits per heavy atom. The predicted octanol–water partition coefficient (Wildman–Crippen LogP) is 2.94. The Hall–Kier alpha value is -1.56. The van der Waals surface area contributed by atoms with Crippen molar-refractivity contribution in [3.05, 3.63) is 17.3 Å². The number of oxazole rings is 1. The van der Waals surface area contributed by atoms with Crippen LogP contribution in [0, 0.1) is 19.8 Å². The molecule has 0 saturated heterocycles. The molecule has 0 aliphatic heterocycles. The van der Waals surface area contributed by atoms with Crippen LogP contribution in [-0.2, 0) is 11.3 Å². The third-order valence-electron chi connectivity index (χ3n) is 4.73. The first-order valence-corrected chi connectivity index (χ1v) is 9.13. The summed E-state index contributed by atoms with van der Waals surface area (Å²) in [7, 11) is 1.78. The van der Waals surface area contributed by atoms with Crippen LogP contribution in [0.5, 0.6) is 0 Å². The third-order valence-corrected chi connectivity index (χ3v) is 4.73. The van der Waals surface area contributed by atoms with Gasteiger partial charge in [-0.2, -0.15) is 0 Å². The van der Waals surface area contributed by atoms with E-state index in [1.54, 1.807) is 7.05 Å². The lowest BCUT2D eigenvalue weighted by Gasteiger charge is -2.23. The first-order chi connectivity index (χ1) is 11.6. The van der Waals surface area contributed by atoms with Gasteiger partial charge in [-0.25, -0.2) is 4.98 Å². The topological polar surface area (TPSA) is 71.7 Å². The molecule has 1 aliphatic rings. The average Bonchev–Trinajstić information content (AvgIpc) is 3.20. The van der Waals surface area contributed by atoms with Crippen LogP contribution in [0.4, 0.5) is 0 Å². The fourth-order valence-electron chi connectivity index (χ4n) is 3.33. The normalized spacial score (nSPS) is 17.2. The number of aryl methyl sites for hydroxylation is 2. The van der Waals surface area contributed by atoms with Gasteiger partial charge >= 0.3 is 0 Å². The molecule has 1 heterocycles. The zero-order valence-corrected chi connectivity index (χ0v) is 15.5. The number of hydrogen-bond acceptors (Lipinski definition) is 4. The quantitative estimate of drug-likeness (QED) is 0.564. The molecule has 6 nitrogen and oxygen atoms in total. The first kappa shape index (κ1) is 18.8. The molecule has 0 amide bonds. The smallest absolute Gasteiger partial charge is 0.214 e. The maximum atomic E-state index is 5.96. The second kappa shape index (κ2) is 9.67. The average molecular weight is 336 g/mol. The number of aliphatic imine (C=N–C) groups is 1. The monoisotopic (exact) mass is 336 g/mol. The van der Waals surface area contributed by atoms with Gasteiger partial charge in [-0.1, -0.05) is 12.8 Å². The Morgan fingerprint density at radius 2 is 2.08 bits per heavy atom. The molecule has 1 aliphatic carbocycles. The standard InChI is InChI=1S/C18H32N4O2/c1-5-23-16(15-8-6-7-9-15)10-11-20-18(19-4)21-12-17-22-13(2)14(3)24-17/h15-16H,5-12H2,1-4H3,(H2,19,20,21). The van der Waals surface area contributed by atoms with Crippen LogP contribution in [0.1, 0.15) is 56.4 Å². The molecule has 0 bridgehead atoms. The highest BCUT2D eigenvalue weighted by atomic mass is 16.5. The van der Waals surface area contributed by atoms with Crippen molar-refractivity contribution in [2.45, 2.75) is 65.5 Å². The number of nitrogens with zero attached hydrogens (tertiary/aromatic N) is 2. The van der Waals surface area contributed by atoms with Crippen molar-refractivity contribution in [3.8, 4) is 0 Å². The summed E-state index contributed by atoms with van der Waals surface area (Å²) in [6.45, 7) is 8.13. The number of aromatic nitrogens is 1. The van der Waals surface area contributed by atoms with Crippen LogP contribution in [-0.4, -0.2) is 37.2 Å². The van der Waals surface area contributed by atoms with E-state index < -0.39 is 0 Å². The second-order valence-electron chi connectivity index (χ2n) is 6.43. The Bertz CT molecular complexity index is 502. The first-order valence-electron chi connectivity index (χ1n) is 9.13. The van der Waals surface area contributed by atoms with Crippen molar-refractivity contribution >= 4 is 5.96 Å². The van der Waals surface area contributed by atoms with Crippen LogP contribution < -0.4 is 10.6 Å². The largest absolute Gasteiger partial charge is 0.444 e. The second-order valence-corrected chi connectivity index (χ2v) is 6.43. The molecule has 2 rings (SSSR count). The summed E-state index contributed by atoms with van der Waals surface area (Å²) in [6.07, 6.45) is 6.68. The molecule has 0 radical (unpaired) electrons.